The van der Waals surface area contributed by atoms with E-state index in [2.05, 4.69) is 15.6 Å². The van der Waals surface area contributed by atoms with Crippen molar-refractivity contribution in [1.82, 2.24) is 25.4 Å². The molecule has 2 aromatic carbocycles. The highest BCUT2D eigenvalue weighted by Crippen LogP contribution is 2.28. The van der Waals surface area contributed by atoms with Gasteiger partial charge in [0.15, 0.2) is 0 Å². The number of ether oxygens (including phenoxy) is 1. The number of aliphatic hydroxyl groups is 1. The molecule has 3 aliphatic heterocycles. The zero-order valence-electron chi connectivity index (χ0n) is 23.9. The van der Waals surface area contributed by atoms with Crippen molar-refractivity contribution in [3.63, 3.8) is 0 Å². The van der Waals surface area contributed by atoms with Crippen LogP contribution in [0.4, 0.5) is 0 Å². The Morgan fingerprint density at radius 2 is 1.66 bits per heavy atom. The Kier molecular flexibility index (Phi) is 8.25. The van der Waals surface area contributed by atoms with Crippen LogP contribution in [0.2, 0.25) is 0 Å². The molecule has 0 bridgehead atoms. The lowest BCUT2D eigenvalue weighted by molar-refractivity contribution is -0.156. The van der Waals surface area contributed by atoms with Gasteiger partial charge < -0.3 is 30.3 Å². The number of carbonyl (C=O) groups is 5. The van der Waals surface area contributed by atoms with Crippen molar-refractivity contribution < 1.29 is 33.8 Å². The summed E-state index contributed by atoms with van der Waals surface area (Å²) in [6, 6.07) is 14.3. The average Bonchev–Trinajstić information content (AvgIpc) is 3.36. The number of rotatable bonds is 5. The minimum Gasteiger partial charge on any atom is -0.434 e. The van der Waals surface area contributed by atoms with Crippen LogP contribution in [0, 0.1) is 0 Å². The highest BCUT2D eigenvalue weighted by Gasteiger charge is 2.46. The second-order valence-electron chi connectivity index (χ2n) is 11.4. The van der Waals surface area contributed by atoms with E-state index < -0.39 is 54.1 Å². The fourth-order valence-electron chi connectivity index (χ4n) is 6.31. The molecule has 0 aliphatic carbocycles. The Morgan fingerprint density at radius 3 is 2.43 bits per heavy atom. The molecule has 12 heteroatoms. The van der Waals surface area contributed by atoms with Gasteiger partial charge in [-0.05, 0) is 36.4 Å². The van der Waals surface area contributed by atoms with E-state index >= 15 is 0 Å². The molecule has 228 valence electrons. The van der Waals surface area contributed by atoms with Gasteiger partial charge in [0.05, 0.1) is 19.0 Å². The molecule has 0 spiro atoms. The summed E-state index contributed by atoms with van der Waals surface area (Å²) >= 11 is 0. The maximum absolute atomic E-state index is 14.3. The van der Waals surface area contributed by atoms with Gasteiger partial charge in [0, 0.05) is 23.7 Å². The van der Waals surface area contributed by atoms with Gasteiger partial charge in [0.1, 0.15) is 23.8 Å². The van der Waals surface area contributed by atoms with Crippen LogP contribution in [0.25, 0.3) is 10.8 Å². The number of esters is 1. The summed E-state index contributed by atoms with van der Waals surface area (Å²) in [6.45, 7) is 0.105. The number of aromatic nitrogens is 1. The first-order valence-corrected chi connectivity index (χ1v) is 14.8. The zero-order chi connectivity index (χ0) is 30.8. The van der Waals surface area contributed by atoms with Gasteiger partial charge >= 0.3 is 5.97 Å². The molecule has 2 unspecified atom stereocenters. The van der Waals surface area contributed by atoms with Gasteiger partial charge in [0.25, 0.3) is 11.8 Å². The van der Waals surface area contributed by atoms with Crippen molar-refractivity contribution in [3.8, 4) is 0 Å². The topological polar surface area (TPSA) is 158 Å². The van der Waals surface area contributed by atoms with Gasteiger partial charge in [-0.1, -0.05) is 55.3 Å². The van der Waals surface area contributed by atoms with Crippen LogP contribution >= 0.6 is 0 Å². The number of hydrogen-bond acceptors (Lipinski definition) is 8. The summed E-state index contributed by atoms with van der Waals surface area (Å²) in [4.78, 5) is 74.1. The maximum Gasteiger partial charge on any atom is 0.310 e. The lowest BCUT2D eigenvalue weighted by atomic mass is 9.93. The minimum absolute atomic E-state index is 0.106. The SMILES string of the molecule is O=C1CC(NC(=O)[C@@H]2CN(C(=O)c3ccccc3)C[C@@H]3CCCC[C@H](NC(=O)c4nccc5ccccc45)C(=O)N32)C(O)O1. The zero-order valence-corrected chi connectivity index (χ0v) is 23.9. The Balaban J connectivity index is 1.29. The lowest BCUT2D eigenvalue weighted by Gasteiger charge is -2.48. The Hall–Kier alpha value is -4.84. The predicted octanol–water partition coefficient (Wildman–Crippen LogP) is 1.38. The third-order valence-corrected chi connectivity index (χ3v) is 8.50. The molecule has 3 aliphatic rings. The number of aliphatic hydroxyl groups excluding tert-OH is 1. The first-order chi connectivity index (χ1) is 21.3. The second kappa shape index (κ2) is 12.4. The van der Waals surface area contributed by atoms with Crippen LogP contribution in [-0.2, 0) is 19.1 Å². The van der Waals surface area contributed by atoms with Crippen LogP contribution in [0.5, 0.6) is 0 Å². The lowest BCUT2D eigenvalue weighted by Crippen LogP contribution is -2.69. The third-order valence-electron chi connectivity index (χ3n) is 8.50. The molecule has 3 fully saturated rings. The van der Waals surface area contributed by atoms with Crippen molar-refractivity contribution in [2.45, 2.75) is 62.6 Å². The quantitative estimate of drug-likeness (QED) is 0.371. The summed E-state index contributed by atoms with van der Waals surface area (Å²) in [5, 5.41) is 17.2. The second-order valence-corrected chi connectivity index (χ2v) is 11.4. The van der Waals surface area contributed by atoms with E-state index in [1.807, 2.05) is 18.2 Å². The number of pyridine rings is 1. The van der Waals surface area contributed by atoms with Gasteiger partial charge in [0.2, 0.25) is 18.1 Å². The molecule has 1 aromatic heterocycles. The van der Waals surface area contributed by atoms with Crippen LogP contribution in [0.1, 0.15) is 53.0 Å². The predicted molar refractivity (Wildman–Crippen MR) is 157 cm³/mol. The number of piperazine rings is 1. The van der Waals surface area contributed by atoms with Crippen LogP contribution in [0.3, 0.4) is 0 Å². The van der Waals surface area contributed by atoms with Crippen LogP contribution < -0.4 is 10.6 Å². The van der Waals surface area contributed by atoms with E-state index in [0.717, 1.165) is 5.39 Å². The molecular formula is C32H33N5O7. The Morgan fingerprint density at radius 1 is 0.909 bits per heavy atom. The largest absolute Gasteiger partial charge is 0.434 e. The van der Waals surface area contributed by atoms with E-state index in [9.17, 15) is 29.1 Å². The normalized spacial score (nSPS) is 25.4. The van der Waals surface area contributed by atoms with Crippen molar-refractivity contribution in [1.29, 1.82) is 0 Å². The highest BCUT2D eigenvalue weighted by molar-refractivity contribution is 6.06. The molecule has 44 heavy (non-hydrogen) atoms. The maximum atomic E-state index is 14.3. The fraction of sp³-hybridized carbons (Fsp3) is 0.375. The van der Waals surface area contributed by atoms with Crippen molar-refractivity contribution in [2.75, 3.05) is 13.1 Å². The Labute approximate surface area is 253 Å². The first kappa shape index (κ1) is 29.2. The van der Waals surface area contributed by atoms with Gasteiger partial charge in [-0.2, -0.15) is 0 Å². The molecule has 12 nitrogen and oxygen atoms in total. The molecule has 3 saturated heterocycles. The minimum atomic E-state index is -1.52. The van der Waals surface area contributed by atoms with Crippen molar-refractivity contribution in [2.24, 2.45) is 0 Å². The van der Waals surface area contributed by atoms with E-state index in [0.29, 0.717) is 36.6 Å². The number of benzene rings is 2. The van der Waals surface area contributed by atoms with E-state index in [-0.39, 0.29) is 31.1 Å². The number of hydrogen-bond donors (Lipinski definition) is 3. The molecule has 0 saturated carbocycles. The van der Waals surface area contributed by atoms with E-state index in [1.165, 1.54) is 4.90 Å². The van der Waals surface area contributed by atoms with Crippen molar-refractivity contribution >= 4 is 40.4 Å². The molecule has 6 rings (SSSR count). The van der Waals surface area contributed by atoms with Crippen molar-refractivity contribution in [3.05, 3.63) is 78.1 Å². The number of fused-ring (bicyclic) bond motifs is 2. The molecular weight excluding hydrogens is 566 g/mol. The number of amides is 4. The number of cyclic esters (lactones) is 1. The molecule has 4 heterocycles. The standard InChI is InChI=1S/C32H33N5O7/c38-26-16-24(32(43)44-26)35-28(39)25-18-36(30(41)20-9-2-1-3-10-20)17-21-11-5-7-13-23(31(42)37(21)25)34-29(40)27-22-12-6-4-8-19(22)14-15-33-27/h1-4,6,8-10,12,14-15,21,23-25,32,43H,5,7,11,13,16-18H2,(H,34,40)(H,35,39)/t21-,23-,24?,25-,32?/m0/s1. The van der Waals surface area contributed by atoms with Crippen LogP contribution in [0.15, 0.2) is 66.9 Å². The summed E-state index contributed by atoms with van der Waals surface area (Å²) in [5.74, 6) is -2.49. The van der Waals surface area contributed by atoms with Gasteiger partial charge in [-0.15, -0.1) is 0 Å². The number of nitrogens with one attached hydrogen (secondary N) is 2. The molecule has 0 radical (unpaired) electrons. The summed E-state index contributed by atoms with van der Waals surface area (Å²) in [6.07, 6.45) is 2.08. The van der Waals surface area contributed by atoms with E-state index in [4.69, 9.17) is 4.74 Å². The van der Waals surface area contributed by atoms with Gasteiger partial charge in [-0.25, -0.2) is 0 Å². The first-order valence-electron chi connectivity index (χ1n) is 14.8. The summed E-state index contributed by atoms with van der Waals surface area (Å²) < 4.78 is 4.78. The smallest absolute Gasteiger partial charge is 0.310 e. The fourth-order valence-corrected chi connectivity index (χ4v) is 6.31. The molecule has 4 amide bonds. The Bertz CT molecular complexity index is 1590. The number of carbonyl (C=O) groups excluding carboxylic acids is 5. The molecule has 5 atom stereocenters. The molecule has 3 aromatic rings. The van der Waals surface area contributed by atoms with E-state index in [1.54, 1.807) is 53.6 Å². The summed E-state index contributed by atoms with van der Waals surface area (Å²) in [5.41, 5.74) is 0.650. The third kappa shape index (κ3) is 5.85. The summed E-state index contributed by atoms with van der Waals surface area (Å²) in [7, 11) is 0. The highest BCUT2D eigenvalue weighted by atomic mass is 16.6. The average molecular weight is 600 g/mol. The van der Waals surface area contributed by atoms with Crippen LogP contribution in [-0.4, -0.2) is 93.0 Å². The number of nitrogens with zero attached hydrogens (tertiary/aromatic N) is 3. The molecule has 3 N–H and O–H groups in total. The van der Waals surface area contributed by atoms with Gasteiger partial charge in [-0.3, -0.25) is 29.0 Å². The monoisotopic (exact) mass is 599 g/mol.